The lowest BCUT2D eigenvalue weighted by molar-refractivity contribution is 0.413. The molecule has 1 heterocycles. The smallest absolute Gasteiger partial charge is 0.310 e. The molecule has 0 spiro atoms. The molecule has 1 fully saturated rings. The van der Waals surface area contributed by atoms with E-state index >= 15 is 0 Å². The van der Waals surface area contributed by atoms with E-state index in [9.17, 15) is 9.59 Å². The van der Waals surface area contributed by atoms with Gasteiger partial charge in [-0.3, -0.25) is 9.36 Å². The Bertz CT molecular complexity index is 510. The van der Waals surface area contributed by atoms with E-state index < -0.39 is 0 Å². The first kappa shape index (κ1) is 12.6. The molecule has 0 saturated heterocycles. The second-order valence-electron chi connectivity index (χ2n) is 4.69. The van der Waals surface area contributed by atoms with Gasteiger partial charge in [0.05, 0.1) is 0 Å². The fourth-order valence-electron chi connectivity index (χ4n) is 2.48. The van der Waals surface area contributed by atoms with Crippen molar-refractivity contribution in [3.63, 3.8) is 0 Å². The number of H-pyrrole nitrogens is 1. The molecule has 1 aliphatic rings. The van der Waals surface area contributed by atoms with Gasteiger partial charge in [0.25, 0.3) is 5.56 Å². The SMILES string of the molecule is Cc1[nH]c(=O)n(C2CCCCCC2)c(=O)c1Br. The Morgan fingerprint density at radius 3 is 2.35 bits per heavy atom. The highest BCUT2D eigenvalue weighted by Crippen LogP contribution is 2.25. The fraction of sp³-hybridized carbons (Fsp3) is 0.667. The average molecular weight is 301 g/mol. The van der Waals surface area contributed by atoms with Gasteiger partial charge in [0.2, 0.25) is 0 Å². The van der Waals surface area contributed by atoms with Crippen molar-refractivity contribution in [3.05, 3.63) is 31.0 Å². The van der Waals surface area contributed by atoms with Gasteiger partial charge in [-0.25, -0.2) is 4.79 Å². The van der Waals surface area contributed by atoms with Crippen molar-refractivity contribution >= 4 is 15.9 Å². The summed E-state index contributed by atoms with van der Waals surface area (Å²) in [5, 5.41) is 0. The molecule has 4 nitrogen and oxygen atoms in total. The van der Waals surface area contributed by atoms with Crippen molar-refractivity contribution in [2.24, 2.45) is 0 Å². The zero-order valence-electron chi connectivity index (χ0n) is 9.96. The lowest BCUT2D eigenvalue weighted by Gasteiger charge is -2.17. The van der Waals surface area contributed by atoms with Crippen LogP contribution in [0.1, 0.15) is 50.3 Å². The molecule has 0 bridgehead atoms. The Morgan fingerprint density at radius 1 is 1.18 bits per heavy atom. The molecule has 0 radical (unpaired) electrons. The van der Waals surface area contributed by atoms with Crippen molar-refractivity contribution in [2.75, 3.05) is 0 Å². The number of halogens is 1. The molecule has 1 aromatic heterocycles. The summed E-state index contributed by atoms with van der Waals surface area (Å²) in [5.74, 6) is 0. The highest BCUT2D eigenvalue weighted by molar-refractivity contribution is 9.10. The third kappa shape index (κ3) is 2.54. The van der Waals surface area contributed by atoms with Crippen LogP contribution in [0.2, 0.25) is 0 Å². The molecule has 94 valence electrons. The van der Waals surface area contributed by atoms with Crippen molar-refractivity contribution in [2.45, 2.75) is 51.5 Å². The van der Waals surface area contributed by atoms with Crippen molar-refractivity contribution in [1.82, 2.24) is 9.55 Å². The van der Waals surface area contributed by atoms with Crippen LogP contribution in [0.25, 0.3) is 0 Å². The second kappa shape index (κ2) is 5.21. The van der Waals surface area contributed by atoms with Gasteiger partial charge in [-0.05, 0) is 35.7 Å². The van der Waals surface area contributed by atoms with E-state index in [-0.39, 0.29) is 17.3 Å². The van der Waals surface area contributed by atoms with E-state index in [1.807, 2.05) is 0 Å². The quantitative estimate of drug-likeness (QED) is 0.810. The van der Waals surface area contributed by atoms with Crippen LogP contribution in [0.15, 0.2) is 14.1 Å². The monoisotopic (exact) mass is 300 g/mol. The molecule has 1 aliphatic carbocycles. The largest absolute Gasteiger partial charge is 0.328 e. The van der Waals surface area contributed by atoms with E-state index in [1.165, 1.54) is 17.4 Å². The van der Waals surface area contributed by atoms with Gasteiger partial charge >= 0.3 is 5.69 Å². The maximum absolute atomic E-state index is 12.1. The van der Waals surface area contributed by atoms with Crippen LogP contribution >= 0.6 is 15.9 Å². The Labute approximate surface area is 108 Å². The minimum atomic E-state index is -0.275. The molecule has 2 rings (SSSR count). The van der Waals surface area contributed by atoms with Crippen LogP contribution in [-0.2, 0) is 0 Å². The predicted octanol–water partition coefficient (Wildman–Crippen LogP) is 2.50. The van der Waals surface area contributed by atoms with E-state index in [0.717, 1.165) is 25.7 Å². The third-order valence-corrected chi connectivity index (χ3v) is 4.37. The number of aryl methyl sites for hydroxylation is 1. The molecule has 0 aromatic carbocycles. The number of hydrogen-bond acceptors (Lipinski definition) is 2. The summed E-state index contributed by atoms with van der Waals surface area (Å²) in [6.45, 7) is 1.73. The molecule has 1 aromatic rings. The van der Waals surface area contributed by atoms with Gasteiger partial charge in [0.1, 0.15) is 4.47 Å². The Hall–Kier alpha value is -0.840. The van der Waals surface area contributed by atoms with Gasteiger partial charge in [-0.1, -0.05) is 25.7 Å². The molecular formula is C12H17BrN2O2. The average Bonchev–Trinajstić information content (AvgIpc) is 2.55. The molecule has 1 N–H and O–H groups in total. The van der Waals surface area contributed by atoms with Crippen LogP contribution in [0.4, 0.5) is 0 Å². The zero-order valence-corrected chi connectivity index (χ0v) is 11.5. The Balaban J connectivity index is 2.47. The van der Waals surface area contributed by atoms with Crippen molar-refractivity contribution < 1.29 is 0 Å². The summed E-state index contributed by atoms with van der Waals surface area (Å²) in [6, 6.07) is 0.0608. The van der Waals surface area contributed by atoms with Crippen LogP contribution < -0.4 is 11.2 Å². The standard InChI is InChI=1S/C12H17BrN2O2/c1-8-10(13)11(16)15(12(17)14-8)9-6-4-2-3-5-7-9/h9H,2-7H2,1H3,(H,14,17). The van der Waals surface area contributed by atoms with Crippen molar-refractivity contribution in [3.8, 4) is 0 Å². The summed E-state index contributed by atoms with van der Waals surface area (Å²) in [6.07, 6.45) is 6.47. The molecular weight excluding hydrogens is 284 g/mol. The summed E-state index contributed by atoms with van der Waals surface area (Å²) >= 11 is 3.25. The van der Waals surface area contributed by atoms with Crippen molar-refractivity contribution in [1.29, 1.82) is 0 Å². The molecule has 0 aliphatic heterocycles. The number of hydrogen-bond donors (Lipinski definition) is 1. The van der Waals surface area contributed by atoms with Crippen LogP contribution in [0.5, 0.6) is 0 Å². The van der Waals surface area contributed by atoms with Gasteiger partial charge in [0, 0.05) is 11.7 Å². The minimum absolute atomic E-state index is 0.0608. The number of nitrogens with one attached hydrogen (secondary N) is 1. The highest BCUT2D eigenvalue weighted by Gasteiger charge is 2.19. The van der Waals surface area contributed by atoms with Gasteiger partial charge in [0.15, 0.2) is 0 Å². The molecule has 17 heavy (non-hydrogen) atoms. The van der Waals surface area contributed by atoms with Crippen LogP contribution in [-0.4, -0.2) is 9.55 Å². The van der Waals surface area contributed by atoms with E-state index in [0.29, 0.717) is 10.2 Å². The predicted molar refractivity (Wildman–Crippen MR) is 70.5 cm³/mol. The molecule has 0 unspecified atom stereocenters. The number of aromatic amines is 1. The van der Waals surface area contributed by atoms with Gasteiger partial charge in [-0.2, -0.15) is 0 Å². The topological polar surface area (TPSA) is 54.9 Å². The third-order valence-electron chi connectivity index (χ3n) is 3.44. The van der Waals surface area contributed by atoms with E-state index in [2.05, 4.69) is 20.9 Å². The highest BCUT2D eigenvalue weighted by atomic mass is 79.9. The number of aromatic nitrogens is 2. The normalized spacial score (nSPS) is 18.0. The first-order valence-corrected chi connectivity index (χ1v) is 6.91. The Kier molecular flexibility index (Phi) is 3.86. The number of nitrogens with zero attached hydrogens (tertiary/aromatic N) is 1. The lowest BCUT2D eigenvalue weighted by Crippen LogP contribution is -2.39. The minimum Gasteiger partial charge on any atom is -0.310 e. The molecule has 1 saturated carbocycles. The van der Waals surface area contributed by atoms with Gasteiger partial charge in [-0.15, -0.1) is 0 Å². The fourth-order valence-corrected chi connectivity index (χ4v) is 2.77. The zero-order chi connectivity index (χ0) is 12.4. The first-order chi connectivity index (χ1) is 8.11. The van der Waals surface area contributed by atoms with E-state index in [4.69, 9.17) is 0 Å². The summed E-state index contributed by atoms with van der Waals surface area (Å²) in [7, 11) is 0. The van der Waals surface area contributed by atoms with Gasteiger partial charge < -0.3 is 4.98 Å². The lowest BCUT2D eigenvalue weighted by atomic mass is 10.1. The van der Waals surface area contributed by atoms with Crippen LogP contribution in [0, 0.1) is 6.92 Å². The first-order valence-electron chi connectivity index (χ1n) is 6.12. The van der Waals surface area contributed by atoms with E-state index in [1.54, 1.807) is 6.92 Å². The summed E-state index contributed by atoms with van der Waals surface area (Å²) in [5.41, 5.74) is 0.130. The maximum Gasteiger partial charge on any atom is 0.328 e. The molecule has 0 atom stereocenters. The molecule has 0 amide bonds. The Morgan fingerprint density at radius 2 is 1.76 bits per heavy atom. The number of rotatable bonds is 1. The maximum atomic E-state index is 12.1. The summed E-state index contributed by atoms with van der Waals surface area (Å²) in [4.78, 5) is 26.8. The molecule has 5 heteroatoms. The summed E-state index contributed by atoms with van der Waals surface area (Å²) < 4.78 is 1.86. The van der Waals surface area contributed by atoms with Crippen LogP contribution in [0.3, 0.4) is 0 Å². The second-order valence-corrected chi connectivity index (χ2v) is 5.48.